The van der Waals surface area contributed by atoms with Crippen LogP contribution in [0, 0.1) is 0 Å². The monoisotopic (exact) mass is 297 g/mol. The molecular formula is C14H20ClN3S. The average molecular weight is 298 g/mol. The van der Waals surface area contributed by atoms with Crippen molar-refractivity contribution in [2.75, 3.05) is 0 Å². The highest BCUT2D eigenvalue weighted by molar-refractivity contribution is 7.10. The molecule has 0 saturated heterocycles. The van der Waals surface area contributed by atoms with Crippen molar-refractivity contribution in [2.45, 2.75) is 52.0 Å². The molecular weight excluding hydrogens is 278 g/mol. The van der Waals surface area contributed by atoms with Crippen LogP contribution in [-0.4, -0.2) is 14.8 Å². The van der Waals surface area contributed by atoms with Crippen LogP contribution in [-0.2, 0) is 5.41 Å². The normalized spacial score (nSPS) is 13.7. The molecule has 19 heavy (non-hydrogen) atoms. The van der Waals surface area contributed by atoms with Crippen LogP contribution in [0.25, 0.3) is 0 Å². The van der Waals surface area contributed by atoms with E-state index in [1.165, 1.54) is 4.88 Å². The third-order valence-electron chi connectivity index (χ3n) is 3.07. The maximum Gasteiger partial charge on any atom is 0.225 e. The van der Waals surface area contributed by atoms with E-state index in [-0.39, 0.29) is 11.5 Å². The number of hydrogen-bond donors (Lipinski definition) is 0. The predicted molar refractivity (Wildman–Crippen MR) is 81.1 cm³/mol. The fraction of sp³-hybridized carbons (Fsp3) is 0.571. The zero-order valence-corrected chi connectivity index (χ0v) is 13.4. The van der Waals surface area contributed by atoms with Gasteiger partial charge in [-0.15, -0.1) is 21.5 Å². The predicted octanol–water partition coefficient (Wildman–Crippen LogP) is 4.68. The molecule has 0 aliphatic heterocycles. The van der Waals surface area contributed by atoms with Crippen LogP contribution in [0.1, 0.15) is 57.3 Å². The standard InChI is InChI=1S/C14H20ClN3S/c1-5-7-10(11-8-6-9-19-11)18-12(14(2,3)4)16-17-13(18)15/h6,8-10H,5,7H2,1-4H3. The van der Waals surface area contributed by atoms with Crippen molar-refractivity contribution in [1.82, 2.24) is 14.8 Å². The molecule has 0 radical (unpaired) electrons. The summed E-state index contributed by atoms with van der Waals surface area (Å²) in [6.07, 6.45) is 2.14. The molecule has 0 bridgehead atoms. The van der Waals surface area contributed by atoms with Gasteiger partial charge >= 0.3 is 0 Å². The molecule has 1 unspecified atom stereocenters. The van der Waals surface area contributed by atoms with Gasteiger partial charge in [0.2, 0.25) is 5.28 Å². The highest BCUT2D eigenvalue weighted by Gasteiger charge is 2.28. The SMILES string of the molecule is CCCC(c1cccs1)n1c(Cl)nnc1C(C)(C)C. The van der Waals surface area contributed by atoms with Crippen LogP contribution in [0.3, 0.4) is 0 Å². The summed E-state index contributed by atoms with van der Waals surface area (Å²) in [5.74, 6) is 0.948. The molecule has 0 fully saturated rings. The fourth-order valence-corrected chi connectivity index (χ4v) is 3.30. The van der Waals surface area contributed by atoms with Crippen LogP contribution in [0.2, 0.25) is 5.28 Å². The quantitative estimate of drug-likeness (QED) is 0.820. The van der Waals surface area contributed by atoms with Crippen molar-refractivity contribution >= 4 is 22.9 Å². The highest BCUT2D eigenvalue weighted by atomic mass is 35.5. The second-order valence-electron chi connectivity index (χ2n) is 5.73. The number of nitrogens with zero attached hydrogens (tertiary/aromatic N) is 3. The Balaban J connectivity index is 2.51. The van der Waals surface area contributed by atoms with Crippen molar-refractivity contribution in [3.8, 4) is 0 Å². The maximum absolute atomic E-state index is 6.29. The molecule has 0 spiro atoms. The van der Waals surface area contributed by atoms with Gasteiger partial charge < -0.3 is 0 Å². The van der Waals surface area contributed by atoms with Gasteiger partial charge in [-0.25, -0.2) is 0 Å². The Morgan fingerprint density at radius 2 is 2.11 bits per heavy atom. The van der Waals surface area contributed by atoms with E-state index in [9.17, 15) is 0 Å². The van der Waals surface area contributed by atoms with E-state index in [1.54, 1.807) is 11.3 Å². The maximum atomic E-state index is 6.29. The average Bonchev–Trinajstić information content (AvgIpc) is 2.94. The number of halogens is 1. The zero-order valence-electron chi connectivity index (χ0n) is 11.9. The number of thiophene rings is 1. The Morgan fingerprint density at radius 1 is 1.37 bits per heavy atom. The Bertz CT molecular complexity index is 525. The summed E-state index contributed by atoms with van der Waals surface area (Å²) in [5, 5.41) is 11.0. The summed E-state index contributed by atoms with van der Waals surface area (Å²) in [7, 11) is 0. The van der Waals surface area contributed by atoms with E-state index in [0.717, 1.165) is 18.7 Å². The Hall–Kier alpha value is -0.870. The second-order valence-corrected chi connectivity index (χ2v) is 7.05. The summed E-state index contributed by atoms with van der Waals surface area (Å²) in [6.45, 7) is 8.61. The number of hydrogen-bond acceptors (Lipinski definition) is 3. The number of rotatable bonds is 4. The third-order valence-corrected chi connectivity index (χ3v) is 4.30. The molecule has 1 atom stereocenters. The molecule has 104 valence electrons. The van der Waals surface area contributed by atoms with Crippen molar-refractivity contribution in [3.05, 3.63) is 33.5 Å². The molecule has 0 saturated carbocycles. The van der Waals surface area contributed by atoms with Crippen molar-refractivity contribution in [1.29, 1.82) is 0 Å². The van der Waals surface area contributed by atoms with Gasteiger partial charge in [-0.2, -0.15) is 0 Å². The van der Waals surface area contributed by atoms with E-state index in [0.29, 0.717) is 5.28 Å². The Morgan fingerprint density at radius 3 is 2.63 bits per heavy atom. The molecule has 2 rings (SSSR count). The smallest absolute Gasteiger partial charge is 0.225 e. The van der Waals surface area contributed by atoms with E-state index in [1.807, 2.05) is 0 Å². The van der Waals surface area contributed by atoms with Crippen LogP contribution < -0.4 is 0 Å². The molecule has 0 aliphatic rings. The van der Waals surface area contributed by atoms with Gasteiger partial charge in [0, 0.05) is 10.3 Å². The summed E-state index contributed by atoms with van der Waals surface area (Å²) >= 11 is 8.05. The van der Waals surface area contributed by atoms with Crippen molar-refractivity contribution < 1.29 is 0 Å². The van der Waals surface area contributed by atoms with E-state index in [4.69, 9.17) is 11.6 Å². The minimum absolute atomic E-state index is 0.0661. The lowest BCUT2D eigenvalue weighted by Gasteiger charge is -2.25. The molecule has 5 heteroatoms. The first-order valence-electron chi connectivity index (χ1n) is 6.59. The summed E-state index contributed by atoms with van der Waals surface area (Å²) < 4.78 is 2.09. The van der Waals surface area contributed by atoms with Gasteiger partial charge in [0.15, 0.2) is 0 Å². The van der Waals surface area contributed by atoms with Crippen LogP contribution in [0.4, 0.5) is 0 Å². The first-order chi connectivity index (χ1) is 8.95. The summed E-state index contributed by atoms with van der Waals surface area (Å²) in [5.41, 5.74) is -0.0661. The molecule has 3 nitrogen and oxygen atoms in total. The lowest BCUT2D eigenvalue weighted by molar-refractivity contribution is 0.453. The van der Waals surface area contributed by atoms with Gasteiger partial charge in [0.1, 0.15) is 5.82 Å². The van der Waals surface area contributed by atoms with Crippen molar-refractivity contribution in [2.24, 2.45) is 0 Å². The molecule has 0 aliphatic carbocycles. The molecule has 0 amide bonds. The Kier molecular flexibility index (Phi) is 4.31. The van der Waals surface area contributed by atoms with Gasteiger partial charge in [-0.1, -0.05) is 40.2 Å². The highest BCUT2D eigenvalue weighted by Crippen LogP contribution is 2.34. The van der Waals surface area contributed by atoms with Gasteiger partial charge in [-0.3, -0.25) is 4.57 Å². The minimum Gasteiger partial charge on any atom is -0.293 e. The number of aromatic nitrogens is 3. The van der Waals surface area contributed by atoms with Crippen molar-refractivity contribution in [3.63, 3.8) is 0 Å². The second kappa shape index (κ2) is 5.63. The van der Waals surface area contributed by atoms with E-state index < -0.39 is 0 Å². The molecule has 0 aromatic carbocycles. The van der Waals surface area contributed by atoms with Crippen LogP contribution >= 0.6 is 22.9 Å². The topological polar surface area (TPSA) is 30.7 Å². The summed E-state index contributed by atoms with van der Waals surface area (Å²) in [6, 6.07) is 4.48. The van der Waals surface area contributed by atoms with E-state index in [2.05, 4.69) is 60.0 Å². The first-order valence-corrected chi connectivity index (χ1v) is 7.85. The lowest BCUT2D eigenvalue weighted by atomic mass is 9.95. The Labute approximate surface area is 123 Å². The lowest BCUT2D eigenvalue weighted by Crippen LogP contribution is -2.22. The molecule has 2 aromatic rings. The fourth-order valence-electron chi connectivity index (χ4n) is 2.21. The minimum atomic E-state index is -0.0661. The zero-order chi connectivity index (χ0) is 14.0. The third kappa shape index (κ3) is 3.00. The van der Waals surface area contributed by atoms with Gasteiger partial charge in [0.05, 0.1) is 6.04 Å². The summed E-state index contributed by atoms with van der Waals surface area (Å²) in [4.78, 5) is 1.31. The molecule has 0 N–H and O–H groups in total. The van der Waals surface area contributed by atoms with Crippen LogP contribution in [0.15, 0.2) is 17.5 Å². The molecule has 2 heterocycles. The van der Waals surface area contributed by atoms with Gasteiger partial charge in [0.25, 0.3) is 0 Å². The largest absolute Gasteiger partial charge is 0.293 e. The van der Waals surface area contributed by atoms with Gasteiger partial charge in [-0.05, 0) is 29.5 Å². The van der Waals surface area contributed by atoms with E-state index >= 15 is 0 Å². The molecule has 2 aromatic heterocycles. The van der Waals surface area contributed by atoms with Crippen LogP contribution in [0.5, 0.6) is 0 Å². The first kappa shape index (κ1) is 14.5.